The number of benzene rings is 2. The second kappa shape index (κ2) is 11.0. The Kier molecular flexibility index (Phi) is 9.07. The minimum atomic E-state index is -0.377. The summed E-state index contributed by atoms with van der Waals surface area (Å²) in [5.74, 6) is -0.589. The maximum Gasteiger partial charge on any atom is 0.262 e. The zero-order valence-electron chi connectivity index (χ0n) is 14.5. The standard InChI is InChI=1S/C16H12Cl2FN3O2.2CH2O/c17-11-7-12(18)15(23)14-13(11)16(24)22(8-21-14)6-5-20-10-3-1-9(19)2-4-10;2*1-2/h1-4,7-8,20,23H,5-6H2;2*1H2. The van der Waals surface area contributed by atoms with Crippen molar-refractivity contribution in [2.24, 2.45) is 0 Å². The number of aromatic hydroxyl groups is 1. The lowest BCUT2D eigenvalue weighted by Crippen LogP contribution is -2.24. The van der Waals surface area contributed by atoms with Crippen LogP contribution in [0.15, 0.2) is 41.5 Å². The van der Waals surface area contributed by atoms with Gasteiger partial charge in [0.15, 0.2) is 5.75 Å². The van der Waals surface area contributed by atoms with Crippen LogP contribution in [0.25, 0.3) is 10.9 Å². The number of fused-ring (bicyclic) bond motifs is 1. The summed E-state index contributed by atoms with van der Waals surface area (Å²) in [5, 5.41) is 13.3. The Morgan fingerprint density at radius 1 is 1.11 bits per heavy atom. The zero-order chi connectivity index (χ0) is 21.3. The van der Waals surface area contributed by atoms with E-state index in [1.165, 1.54) is 29.1 Å². The lowest BCUT2D eigenvalue weighted by atomic mass is 10.2. The normalized spacial score (nSPS) is 9.68. The molecule has 0 saturated carbocycles. The molecule has 3 aromatic rings. The van der Waals surface area contributed by atoms with Crippen molar-refractivity contribution in [1.29, 1.82) is 0 Å². The highest BCUT2D eigenvalue weighted by molar-refractivity contribution is 6.39. The molecule has 0 aliphatic heterocycles. The number of phenols is 1. The predicted molar refractivity (Wildman–Crippen MR) is 107 cm³/mol. The number of nitrogens with zero attached hydrogens (tertiary/aromatic N) is 2. The third-order valence-electron chi connectivity index (χ3n) is 3.51. The molecule has 0 aliphatic carbocycles. The maximum atomic E-state index is 12.9. The van der Waals surface area contributed by atoms with Crippen molar-refractivity contribution in [1.82, 2.24) is 9.55 Å². The Balaban J connectivity index is 0.000000921. The summed E-state index contributed by atoms with van der Waals surface area (Å²) in [6.45, 7) is 4.74. The molecular weight excluding hydrogens is 412 g/mol. The molecule has 0 fully saturated rings. The summed E-state index contributed by atoms with van der Waals surface area (Å²) in [6.07, 6.45) is 1.32. The van der Waals surface area contributed by atoms with Crippen molar-refractivity contribution >= 4 is 53.4 Å². The molecule has 0 atom stereocenters. The van der Waals surface area contributed by atoms with Gasteiger partial charge in [0.1, 0.15) is 24.9 Å². The third kappa shape index (κ3) is 5.28. The molecule has 0 spiro atoms. The molecule has 28 heavy (non-hydrogen) atoms. The first-order valence-electron chi connectivity index (χ1n) is 7.60. The van der Waals surface area contributed by atoms with Crippen molar-refractivity contribution in [2.75, 3.05) is 11.9 Å². The molecule has 7 nitrogen and oxygen atoms in total. The topological polar surface area (TPSA) is 101 Å². The van der Waals surface area contributed by atoms with Crippen molar-refractivity contribution in [3.63, 3.8) is 0 Å². The number of nitrogens with one attached hydrogen (secondary N) is 1. The largest absolute Gasteiger partial charge is 0.504 e. The van der Waals surface area contributed by atoms with Gasteiger partial charge in [0, 0.05) is 18.8 Å². The third-order valence-corrected chi connectivity index (χ3v) is 4.09. The van der Waals surface area contributed by atoms with Crippen LogP contribution < -0.4 is 10.9 Å². The molecule has 10 heteroatoms. The fraction of sp³-hybridized carbons (Fsp3) is 0.111. The van der Waals surface area contributed by atoms with Gasteiger partial charge in [-0.1, -0.05) is 23.2 Å². The number of carbonyl (C=O) groups excluding carboxylic acids is 2. The van der Waals surface area contributed by atoms with Gasteiger partial charge in [0.2, 0.25) is 0 Å². The van der Waals surface area contributed by atoms with Crippen LogP contribution in [0.2, 0.25) is 10.0 Å². The monoisotopic (exact) mass is 427 g/mol. The molecule has 0 amide bonds. The molecule has 0 aliphatic rings. The van der Waals surface area contributed by atoms with Crippen molar-refractivity contribution in [3.05, 3.63) is 62.9 Å². The van der Waals surface area contributed by atoms with Gasteiger partial charge < -0.3 is 20.0 Å². The average Bonchev–Trinajstić information content (AvgIpc) is 2.72. The molecule has 2 N–H and O–H groups in total. The van der Waals surface area contributed by atoms with Gasteiger partial charge in [-0.3, -0.25) is 9.36 Å². The smallest absolute Gasteiger partial charge is 0.262 e. The molecule has 0 bridgehead atoms. The summed E-state index contributed by atoms with van der Waals surface area (Å²) < 4.78 is 14.2. The summed E-state index contributed by atoms with van der Waals surface area (Å²) in [4.78, 5) is 32.6. The van der Waals surface area contributed by atoms with Gasteiger partial charge in [0.25, 0.3) is 5.56 Å². The van der Waals surface area contributed by atoms with Gasteiger partial charge >= 0.3 is 0 Å². The summed E-state index contributed by atoms with van der Waals surface area (Å²) >= 11 is 11.9. The van der Waals surface area contributed by atoms with Crippen LogP contribution >= 0.6 is 23.2 Å². The van der Waals surface area contributed by atoms with Gasteiger partial charge in [-0.25, -0.2) is 9.37 Å². The number of hydrogen-bond acceptors (Lipinski definition) is 6. The second-order valence-electron chi connectivity index (χ2n) is 5.09. The fourth-order valence-corrected chi connectivity index (χ4v) is 2.83. The average molecular weight is 428 g/mol. The lowest BCUT2D eigenvalue weighted by Gasteiger charge is -2.10. The molecular formula is C18H16Cl2FN3O4. The lowest BCUT2D eigenvalue weighted by molar-refractivity contribution is -0.0987. The van der Waals surface area contributed by atoms with Crippen LogP contribution in [0.5, 0.6) is 5.75 Å². The van der Waals surface area contributed by atoms with E-state index < -0.39 is 0 Å². The second-order valence-corrected chi connectivity index (χ2v) is 5.90. The van der Waals surface area contributed by atoms with E-state index in [1.807, 2.05) is 13.6 Å². The number of halogens is 3. The predicted octanol–water partition coefficient (Wildman–Crippen LogP) is 3.29. The number of phenolic OH excluding ortho intramolecular Hbond substituents is 1. The van der Waals surface area contributed by atoms with Crippen LogP contribution in [0, 0.1) is 5.82 Å². The molecule has 0 saturated heterocycles. The van der Waals surface area contributed by atoms with Crippen molar-refractivity contribution < 1.29 is 19.1 Å². The fourth-order valence-electron chi connectivity index (χ4n) is 2.30. The molecule has 1 heterocycles. The van der Waals surface area contributed by atoms with Gasteiger partial charge in [-0.05, 0) is 30.3 Å². The number of anilines is 1. The van der Waals surface area contributed by atoms with E-state index in [0.29, 0.717) is 13.1 Å². The Morgan fingerprint density at radius 3 is 2.32 bits per heavy atom. The summed E-state index contributed by atoms with van der Waals surface area (Å²) in [7, 11) is 0. The van der Waals surface area contributed by atoms with Crippen LogP contribution in [0.1, 0.15) is 0 Å². The number of rotatable bonds is 4. The first kappa shape index (κ1) is 23.1. The number of carbonyl (C=O) groups is 2. The highest BCUT2D eigenvalue weighted by atomic mass is 35.5. The minimum Gasteiger partial charge on any atom is -0.504 e. The van der Waals surface area contributed by atoms with Gasteiger partial charge in [-0.15, -0.1) is 0 Å². The van der Waals surface area contributed by atoms with Crippen LogP contribution in [0.4, 0.5) is 10.1 Å². The van der Waals surface area contributed by atoms with Crippen molar-refractivity contribution in [2.45, 2.75) is 6.54 Å². The Hall–Kier alpha value is -2.97. The highest BCUT2D eigenvalue weighted by Crippen LogP contribution is 2.34. The van der Waals surface area contributed by atoms with Crippen molar-refractivity contribution in [3.8, 4) is 5.75 Å². The highest BCUT2D eigenvalue weighted by Gasteiger charge is 2.14. The van der Waals surface area contributed by atoms with Crippen LogP contribution in [-0.2, 0) is 16.1 Å². The molecule has 2 aromatic carbocycles. The van der Waals surface area contributed by atoms with Gasteiger partial charge in [0.05, 0.1) is 21.8 Å². The van der Waals surface area contributed by atoms with E-state index in [4.69, 9.17) is 32.8 Å². The molecule has 3 rings (SSSR count). The molecule has 0 unspecified atom stereocenters. The molecule has 148 valence electrons. The Labute approximate surface area is 169 Å². The first-order valence-corrected chi connectivity index (χ1v) is 8.36. The zero-order valence-corrected chi connectivity index (χ0v) is 16.0. The van der Waals surface area contributed by atoms with E-state index >= 15 is 0 Å². The summed E-state index contributed by atoms with van der Waals surface area (Å²) in [6, 6.07) is 7.21. The van der Waals surface area contributed by atoms with E-state index in [0.717, 1.165) is 5.69 Å². The quantitative estimate of drug-likeness (QED) is 0.662. The van der Waals surface area contributed by atoms with E-state index in [9.17, 15) is 14.3 Å². The van der Waals surface area contributed by atoms with E-state index in [-0.39, 0.29) is 38.1 Å². The molecule has 0 radical (unpaired) electrons. The Bertz CT molecular complexity index is 995. The maximum absolute atomic E-state index is 12.9. The van der Waals surface area contributed by atoms with Crippen LogP contribution in [-0.4, -0.2) is 34.8 Å². The number of aromatic nitrogens is 2. The SMILES string of the molecule is C=O.C=O.O=c1c2c(Cl)cc(Cl)c(O)c2ncn1CCNc1ccc(F)cc1. The summed E-state index contributed by atoms with van der Waals surface area (Å²) in [5.41, 5.74) is 0.429. The minimum absolute atomic E-state index is 0.0372. The first-order chi connectivity index (χ1) is 13.5. The molecule has 1 aromatic heterocycles. The van der Waals surface area contributed by atoms with Gasteiger partial charge in [-0.2, -0.15) is 0 Å². The van der Waals surface area contributed by atoms with E-state index in [2.05, 4.69) is 10.3 Å². The van der Waals surface area contributed by atoms with E-state index in [1.54, 1.807) is 12.1 Å². The Morgan fingerprint density at radius 2 is 1.71 bits per heavy atom. The van der Waals surface area contributed by atoms with Crippen LogP contribution in [0.3, 0.4) is 0 Å². The number of hydrogen-bond donors (Lipinski definition) is 2.